The van der Waals surface area contributed by atoms with Crippen LogP contribution in [0.5, 0.6) is 0 Å². The minimum absolute atomic E-state index is 0.0611. The highest BCUT2D eigenvalue weighted by Gasteiger charge is 2.39. The number of amides is 1. The standard InChI is InChI=1S/C27H27FN6O5S/c28-19-2-1-3-22(14-19)40(38,39)31-20-6-8-21(9-7-20)34-24-23(15-30-34)26(36)33(17-29-24)16-27(37)10-12-32(13-11-27)25(35)18-4-5-18/h1-3,6-9,14-15,17-18,31,37H,4-5,10-13,16H2. The molecule has 13 heteroatoms. The first kappa shape index (κ1) is 26.1. The smallest absolute Gasteiger partial charge is 0.264 e. The lowest BCUT2D eigenvalue weighted by Crippen LogP contribution is -2.50. The number of hydrogen-bond donors (Lipinski definition) is 2. The number of rotatable bonds is 7. The SMILES string of the molecule is O=C(C1CC1)N1CCC(O)(Cn2cnc3c(cnn3-c3ccc(NS(=O)(=O)c4cccc(F)c4)cc3)c2=O)CC1. The normalized spacial score (nSPS) is 17.2. The number of hydrogen-bond acceptors (Lipinski definition) is 7. The number of sulfonamides is 1. The number of piperidine rings is 1. The summed E-state index contributed by atoms with van der Waals surface area (Å²) in [4.78, 5) is 31.6. The quantitative estimate of drug-likeness (QED) is 0.350. The van der Waals surface area contributed by atoms with Gasteiger partial charge in [0, 0.05) is 24.7 Å². The zero-order valence-corrected chi connectivity index (χ0v) is 22.2. The van der Waals surface area contributed by atoms with E-state index in [1.807, 2.05) is 0 Å². The number of fused-ring (bicyclic) bond motifs is 1. The third-order valence-corrected chi connectivity index (χ3v) is 8.80. The Hall–Kier alpha value is -4.10. The topological polar surface area (TPSA) is 139 Å². The molecule has 0 radical (unpaired) electrons. The number of nitrogens with zero attached hydrogens (tertiary/aromatic N) is 5. The Balaban J connectivity index is 1.17. The summed E-state index contributed by atoms with van der Waals surface area (Å²) in [5.41, 5.74) is -0.353. The first-order chi connectivity index (χ1) is 19.1. The summed E-state index contributed by atoms with van der Waals surface area (Å²) in [6.45, 7) is 0.983. The van der Waals surface area contributed by atoms with E-state index in [1.165, 1.54) is 46.0 Å². The van der Waals surface area contributed by atoms with Gasteiger partial charge in [-0.1, -0.05) is 6.07 Å². The van der Waals surface area contributed by atoms with Gasteiger partial charge in [0.25, 0.3) is 15.6 Å². The Bertz CT molecular complexity index is 1760. The van der Waals surface area contributed by atoms with E-state index in [-0.39, 0.29) is 39.9 Å². The maximum Gasteiger partial charge on any atom is 0.264 e. The third-order valence-electron chi connectivity index (χ3n) is 7.42. The lowest BCUT2D eigenvalue weighted by Gasteiger charge is -2.38. The van der Waals surface area contributed by atoms with E-state index in [1.54, 1.807) is 17.0 Å². The van der Waals surface area contributed by atoms with Gasteiger partial charge in [0.15, 0.2) is 5.65 Å². The average molecular weight is 567 g/mol. The Kier molecular flexibility index (Phi) is 6.42. The highest BCUT2D eigenvalue weighted by Crippen LogP contribution is 2.33. The molecule has 2 fully saturated rings. The molecule has 3 heterocycles. The molecule has 0 atom stereocenters. The van der Waals surface area contributed by atoms with Crippen molar-refractivity contribution < 1.29 is 22.7 Å². The first-order valence-corrected chi connectivity index (χ1v) is 14.4. The summed E-state index contributed by atoms with van der Waals surface area (Å²) in [5.74, 6) is -0.361. The summed E-state index contributed by atoms with van der Waals surface area (Å²) < 4.78 is 43.9. The average Bonchev–Trinajstić information content (AvgIpc) is 3.69. The number of carbonyl (C=O) groups is 1. The van der Waals surface area contributed by atoms with Crippen LogP contribution in [0.4, 0.5) is 10.1 Å². The van der Waals surface area contributed by atoms with Crippen LogP contribution in [0.1, 0.15) is 25.7 Å². The van der Waals surface area contributed by atoms with Gasteiger partial charge >= 0.3 is 0 Å². The van der Waals surface area contributed by atoms with Crippen LogP contribution in [0.25, 0.3) is 16.7 Å². The van der Waals surface area contributed by atoms with Crippen molar-refractivity contribution in [1.82, 2.24) is 24.2 Å². The lowest BCUT2D eigenvalue weighted by atomic mass is 9.91. The van der Waals surface area contributed by atoms with Gasteiger partial charge in [0.1, 0.15) is 17.5 Å². The van der Waals surface area contributed by atoms with Gasteiger partial charge in [0.2, 0.25) is 5.91 Å². The maximum atomic E-state index is 13.5. The van der Waals surface area contributed by atoms with E-state index in [4.69, 9.17) is 0 Å². The Morgan fingerprint density at radius 3 is 2.52 bits per heavy atom. The van der Waals surface area contributed by atoms with Crippen LogP contribution in [0.15, 0.2) is 70.7 Å². The van der Waals surface area contributed by atoms with Crippen LogP contribution in [-0.2, 0) is 21.4 Å². The second-order valence-electron chi connectivity index (χ2n) is 10.4. The molecule has 2 aromatic carbocycles. The number of aliphatic hydroxyl groups is 1. The minimum Gasteiger partial charge on any atom is -0.388 e. The minimum atomic E-state index is -3.98. The van der Waals surface area contributed by atoms with E-state index >= 15 is 0 Å². The van der Waals surface area contributed by atoms with E-state index < -0.39 is 21.4 Å². The first-order valence-electron chi connectivity index (χ1n) is 13.0. The number of carbonyl (C=O) groups excluding carboxylic acids is 1. The van der Waals surface area contributed by atoms with Crippen molar-refractivity contribution in [1.29, 1.82) is 0 Å². The van der Waals surface area contributed by atoms with E-state index in [0.29, 0.717) is 37.3 Å². The van der Waals surface area contributed by atoms with Crippen LogP contribution in [0.3, 0.4) is 0 Å². The van der Waals surface area contributed by atoms with Gasteiger partial charge in [-0.2, -0.15) is 5.10 Å². The Morgan fingerprint density at radius 1 is 1.12 bits per heavy atom. The van der Waals surface area contributed by atoms with Gasteiger partial charge < -0.3 is 10.0 Å². The lowest BCUT2D eigenvalue weighted by molar-refractivity contribution is -0.137. The fraction of sp³-hybridized carbons (Fsp3) is 0.333. The Labute approximate surface area is 228 Å². The fourth-order valence-corrected chi connectivity index (χ4v) is 6.07. The predicted octanol–water partition coefficient (Wildman–Crippen LogP) is 2.29. The van der Waals surface area contributed by atoms with Gasteiger partial charge in [-0.15, -0.1) is 0 Å². The molecule has 6 rings (SSSR count). The third kappa shape index (κ3) is 5.09. The molecule has 0 bridgehead atoms. The number of aromatic nitrogens is 4. The van der Waals surface area contributed by atoms with Crippen molar-refractivity contribution in [3.05, 3.63) is 77.2 Å². The second-order valence-corrected chi connectivity index (χ2v) is 12.1. The predicted molar refractivity (Wildman–Crippen MR) is 144 cm³/mol. The summed E-state index contributed by atoms with van der Waals surface area (Å²) in [5, 5.41) is 15.7. The number of anilines is 1. The number of halogens is 1. The molecule has 11 nitrogen and oxygen atoms in total. The van der Waals surface area contributed by atoms with Gasteiger partial charge in [-0.25, -0.2) is 22.5 Å². The number of nitrogens with one attached hydrogen (secondary N) is 1. The van der Waals surface area contributed by atoms with Crippen LogP contribution >= 0.6 is 0 Å². The van der Waals surface area contributed by atoms with Crippen molar-refractivity contribution >= 4 is 32.7 Å². The second kappa shape index (κ2) is 9.82. The molecule has 40 heavy (non-hydrogen) atoms. The molecular formula is C27H27FN6O5S. The molecule has 2 aromatic heterocycles. The molecule has 1 saturated carbocycles. The summed E-state index contributed by atoms with van der Waals surface area (Å²) in [6.07, 6.45) is 5.42. The van der Waals surface area contributed by atoms with E-state index in [0.717, 1.165) is 25.0 Å². The van der Waals surface area contributed by atoms with Crippen LogP contribution in [0.2, 0.25) is 0 Å². The van der Waals surface area contributed by atoms with E-state index in [2.05, 4.69) is 14.8 Å². The molecule has 4 aromatic rings. The monoisotopic (exact) mass is 566 g/mol. The van der Waals surface area contributed by atoms with Crippen molar-refractivity contribution in [2.45, 2.75) is 42.7 Å². The molecule has 1 aliphatic heterocycles. The largest absolute Gasteiger partial charge is 0.388 e. The molecule has 208 valence electrons. The van der Waals surface area contributed by atoms with Crippen molar-refractivity contribution in [2.24, 2.45) is 5.92 Å². The van der Waals surface area contributed by atoms with Crippen LogP contribution < -0.4 is 10.3 Å². The van der Waals surface area contributed by atoms with Crippen molar-refractivity contribution in [3.63, 3.8) is 0 Å². The summed E-state index contributed by atoms with van der Waals surface area (Å²) in [7, 11) is -3.98. The maximum absolute atomic E-state index is 13.5. The molecule has 2 N–H and O–H groups in total. The molecule has 0 unspecified atom stereocenters. The molecule has 0 spiro atoms. The zero-order chi connectivity index (χ0) is 28.1. The molecule has 2 aliphatic rings. The number of benzene rings is 2. The van der Waals surface area contributed by atoms with Crippen LogP contribution in [-0.4, -0.2) is 62.4 Å². The van der Waals surface area contributed by atoms with Gasteiger partial charge in [0.05, 0.1) is 28.9 Å². The molecular weight excluding hydrogens is 539 g/mol. The molecule has 1 amide bonds. The van der Waals surface area contributed by atoms with Gasteiger partial charge in [-0.3, -0.25) is 18.9 Å². The highest BCUT2D eigenvalue weighted by atomic mass is 32.2. The van der Waals surface area contributed by atoms with E-state index in [9.17, 15) is 27.5 Å². The van der Waals surface area contributed by atoms with Gasteiger partial charge in [-0.05, 0) is 68.1 Å². The van der Waals surface area contributed by atoms with Crippen LogP contribution in [0, 0.1) is 11.7 Å². The fourth-order valence-electron chi connectivity index (χ4n) is 4.98. The molecule has 1 saturated heterocycles. The van der Waals surface area contributed by atoms with Crippen molar-refractivity contribution in [2.75, 3.05) is 17.8 Å². The summed E-state index contributed by atoms with van der Waals surface area (Å²) in [6, 6.07) is 11.0. The summed E-state index contributed by atoms with van der Waals surface area (Å²) >= 11 is 0. The highest BCUT2D eigenvalue weighted by molar-refractivity contribution is 7.92. The zero-order valence-electron chi connectivity index (χ0n) is 21.4. The number of likely N-dealkylation sites (tertiary alicyclic amines) is 1. The molecule has 1 aliphatic carbocycles. The Morgan fingerprint density at radius 2 is 1.85 bits per heavy atom. The van der Waals surface area contributed by atoms with Crippen molar-refractivity contribution in [3.8, 4) is 5.69 Å².